The second-order valence-electron chi connectivity index (χ2n) is 6.93. The van der Waals surface area contributed by atoms with Gasteiger partial charge in [-0.1, -0.05) is 37.6 Å². The Balaban J connectivity index is 1.91. The molecule has 0 atom stereocenters. The second kappa shape index (κ2) is 8.29. The molecule has 0 spiro atoms. The van der Waals surface area contributed by atoms with Crippen molar-refractivity contribution in [3.63, 3.8) is 0 Å². The minimum Gasteiger partial charge on any atom is -0.453 e. The predicted molar refractivity (Wildman–Crippen MR) is 114 cm³/mol. The summed E-state index contributed by atoms with van der Waals surface area (Å²) < 4.78 is 6.19. The minimum absolute atomic E-state index is 0.0971. The number of hydrogen-bond acceptors (Lipinski definition) is 6. The van der Waals surface area contributed by atoms with E-state index in [0.717, 1.165) is 47.1 Å². The molecular weight excluding hydrogens is 364 g/mol. The van der Waals surface area contributed by atoms with Crippen LogP contribution in [0.4, 0.5) is 5.69 Å². The third-order valence-electron chi connectivity index (χ3n) is 5.04. The van der Waals surface area contributed by atoms with E-state index in [1.54, 1.807) is 6.07 Å². The standard InChI is InChI=1S/C23H22N4O2/c1-2-3-10-27(11-12-28)16-8-9-19-21(13-16)29-22-14-20(25-15-24)17-6-4-5-7-18(17)23(22)26-19/h4-9,13-14,28H,2-3,10-12H2,1H3. The number of rotatable bonds is 6. The molecule has 0 bridgehead atoms. The lowest BCUT2D eigenvalue weighted by molar-refractivity contribution is 0.301. The molecule has 0 amide bonds. The maximum atomic E-state index is 9.42. The predicted octanol–water partition coefficient (Wildman–Crippen LogP) is 4.07. The van der Waals surface area contributed by atoms with Crippen molar-refractivity contribution < 1.29 is 9.52 Å². The van der Waals surface area contributed by atoms with Crippen LogP contribution in [0.1, 0.15) is 19.8 Å². The molecule has 2 aromatic rings. The highest BCUT2D eigenvalue weighted by molar-refractivity contribution is 5.96. The quantitative estimate of drug-likeness (QED) is 0.307. The van der Waals surface area contributed by atoms with Gasteiger partial charge in [0, 0.05) is 41.7 Å². The van der Waals surface area contributed by atoms with Crippen molar-refractivity contribution in [2.24, 2.45) is 4.99 Å². The SMILES string of the molecule is CCCCN(CCO)c1ccc2nc3c4ccccc4c(=NC#N)cc-3oc2c1. The molecule has 0 aromatic heterocycles. The summed E-state index contributed by atoms with van der Waals surface area (Å²) in [5, 5.41) is 20.8. The number of aliphatic hydroxyl groups is 1. The van der Waals surface area contributed by atoms with E-state index >= 15 is 0 Å². The lowest BCUT2D eigenvalue weighted by Crippen LogP contribution is -2.27. The van der Waals surface area contributed by atoms with Crippen molar-refractivity contribution in [1.82, 2.24) is 4.98 Å². The van der Waals surface area contributed by atoms with Gasteiger partial charge in [-0.3, -0.25) is 0 Å². The number of anilines is 1. The summed E-state index contributed by atoms with van der Waals surface area (Å²) in [4.78, 5) is 10.9. The number of fused-ring (bicyclic) bond motifs is 4. The molecule has 4 rings (SSSR count). The molecule has 6 heteroatoms. The average Bonchev–Trinajstić information content (AvgIpc) is 2.75. The smallest absolute Gasteiger partial charge is 0.206 e. The molecule has 0 saturated heterocycles. The largest absolute Gasteiger partial charge is 0.453 e. The van der Waals surface area contributed by atoms with Gasteiger partial charge >= 0.3 is 0 Å². The molecule has 146 valence electrons. The zero-order chi connectivity index (χ0) is 20.2. The number of aromatic nitrogens is 1. The average molecular weight is 386 g/mol. The van der Waals surface area contributed by atoms with Gasteiger partial charge in [0.1, 0.15) is 11.2 Å². The molecule has 2 aromatic carbocycles. The van der Waals surface area contributed by atoms with Crippen LogP contribution in [-0.4, -0.2) is 29.8 Å². The normalized spacial score (nSPS) is 12.0. The van der Waals surface area contributed by atoms with Crippen LogP contribution in [0.3, 0.4) is 0 Å². The Bertz CT molecular complexity index is 1240. The van der Waals surface area contributed by atoms with Crippen LogP contribution in [0.2, 0.25) is 0 Å². The van der Waals surface area contributed by atoms with Crippen LogP contribution in [0, 0.1) is 11.5 Å². The minimum atomic E-state index is 0.0971. The van der Waals surface area contributed by atoms with Gasteiger partial charge in [0.2, 0.25) is 6.19 Å². The van der Waals surface area contributed by atoms with Gasteiger partial charge in [-0.2, -0.15) is 10.3 Å². The van der Waals surface area contributed by atoms with Gasteiger partial charge in [0.05, 0.1) is 12.0 Å². The third kappa shape index (κ3) is 3.65. The molecule has 0 saturated carbocycles. The zero-order valence-corrected chi connectivity index (χ0v) is 16.3. The fraction of sp³-hybridized carbons (Fsp3) is 0.261. The van der Waals surface area contributed by atoms with E-state index in [4.69, 9.17) is 14.7 Å². The molecule has 0 fully saturated rings. The van der Waals surface area contributed by atoms with E-state index in [1.165, 1.54) is 0 Å². The van der Waals surface area contributed by atoms with Crippen LogP contribution >= 0.6 is 0 Å². The number of benzene rings is 3. The molecule has 1 aliphatic carbocycles. The summed E-state index contributed by atoms with van der Waals surface area (Å²) in [6.45, 7) is 3.69. The van der Waals surface area contributed by atoms with E-state index < -0.39 is 0 Å². The van der Waals surface area contributed by atoms with Gasteiger partial charge < -0.3 is 14.4 Å². The Morgan fingerprint density at radius 2 is 1.97 bits per heavy atom. The first-order valence-corrected chi connectivity index (χ1v) is 9.80. The van der Waals surface area contributed by atoms with Gasteiger partial charge in [-0.15, -0.1) is 0 Å². The first-order chi connectivity index (χ1) is 14.2. The fourth-order valence-electron chi connectivity index (χ4n) is 3.61. The number of nitrogens with zero attached hydrogens (tertiary/aromatic N) is 4. The molecule has 1 heterocycles. The molecule has 2 aliphatic rings. The maximum Gasteiger partial charge on any atom is 0.206 e. The highest BCUT2D eigenvalue weighted by Gasteiger charge is 2.16. The van der Waals surface area contributed by atoms with E-state index in [-0.39, 0.29) is 6.61 Å². The molecule has 1 N–H and O–H groups in total. The van der Waals surface area contributed by atoms with Crippen LogP contribution < -0.4 is 10.3 Å². The molecule has 6 nitrogen and oxygen atoms in total. The first-order valence-electron chi connectivity index (χ1n) is 9.80. The van der Waals surface area contributed by atoms with E-state index in [0.29, 0.717) is 23.2 Å². The summed E-state index contributed by atoms with van der Waals surface area (Å²) in [6, 6.07) is 15.4. The monoisotopic (exact) mass is 386 g/mol. The summed E-state index contributed by atoms with van der Waals surface area (Å²) in [7, 11) is 0. The molecule has 0 radical (unpaired) electrons. The number of aliphatic hydroxyl groups excluding tert-OH is 1. The maximum absolute atomic E-state index is 9.42. The molecular formula is C23H22N4O2. The van der Waals surface area contributed by atoms with Crippen LogP contribution in [0.25, 0.3) is 33.3 Å². The second-order valence-corrected chi connectivity index (χ2v) is 6.93. The third-order valence-corrected chi connectivity index (χ3v) is 5.04. The van der Waals surface area contributed by atoms with Crippen molar-refractivity contribution in [2.75, 3.05) is 24.6 Å². The Kier molecular flexibility index (Phi) is 5.41. The van der Waals surface area contributed by atoms with Gasteiger partial charge in [0.15, 0.2) is 11.3 Å². The molecule has 0 unspecified atom stereocenters. The van der Waals surface area contributed by atoms with E-state index in [1.807, 2.05) is 48.7 Å². The van der Waals surface area contributed by atoms with Crippen molar-refractivity contribution >= 4 is 27.6 Å². The summed E-state index contributed by atoms with van der Waals surface area (Å²) in [6.07, 6.45) is 4.01. The van der Waals surface area contributed by atoms with Crippen LogP contribution in [0.5, 0.6) is 0 Å². The molecule has 1 aliphatic heterocycles. The fourth-order valence-corrected chi connectivity index (χ4v) is 3.61. The van der Waals surface area contributed by atoms with Gasteiger partial charge in [-0.25, -0.2) is 4.98 Å². The lowest BCUT2D eigenvalue weighted by atomic mass is 10.0. The number of nitriles is 1. The van der Waals surface area contributed by atoms with Crippen molar-refractivity contribution in [3.05, 3.63) is 53.9 Å². The first kappa shape index (κ1) is 18.9. The molecule has 29 heavy (non-hydrogen) atoms. The zero-order valence-electron chi connectivity index (χ0n) is 16.3. The summed E-state index contributed by atoms with van der Waals surface area (Å²) in [5.74, 6) is 0.588. The van der Waals surface area contributed by atoms with Crippen molar-refractivity contribution in [2.45, 2.75) is 19.8 Å². The lowest BCUT2D eigenvalue weighted by Gasteiger charge is -2.24. The van der Waals surface area contributed by atoms with Crippen molar-refractivity contribution in [3.8, 4) is 17.6 Å². The highest BCUT2D eigenvalue weighted by Crippen LogP contribution is 2.31. The van der Waals surface area contributed by atoms with Gasteiger partial charge in [-0.05, 0) is 18.6 Å². The van der Waals surface area contributed by atoms with E-state index in [2.05, 4.69) is 16.8 Å². The Hall–Kier alpha value is -3.43. The Labute approximate surface area is 168 Å². The summed E-state index contributed by atoms with van der Waals surface area (Å²) >= 11 is 0. The van der Waals surface area contributed by atoms with Crippen LogP contribution in [-0.2, 0) is 0 Å². The Morgan fingerprint density at radius 3 is 2.72 bits per heavy atom. The van der Waals surface area contributed by atoms with Crippen LogP contribution in [0.15, 0.2) is 57.9 Å². The Morgan fingerprint density at radius 1 is 1.14 bits per heavy atom. The number of hydrogen-bond donors (Lipinski definition) is 1. The van der Waals surface area contributed by atoms with Crippen molar-refractivity contribution in [1.29, 1.82) is 5.26 Å². The highest BCUT2D eigenvalue weighted by atomic mass is 16.3. The topological polar surface area (TPSA) is 85.6 Å². The van der Waals surface area contributed by atoms with E-state index in [9.17, 15) is 5.11 Å². The summed E-state index contributed by atoms with van der Waals surface area (Å²) in [5.41, 5.74) is 3.16. The van der Waals surface area contributed by atoms with Gasteiger partial charge in [0.25, 0.3) is 0 Å². The number of unbranched alkanes of at least 4 members (excludes halogenated alkanes) is 1.